The number of esters is 1. The standard InChI is InChI=1S/C30H60O2.2Na.2H/c1-3-5-7-9-11-13-15-16-17-18-19-20-22-24-26-28-30(31)32-29-27-25-23-21-14-12-10-8-6-4-2;;;;/h3-29H2,1-2H3;;;;/q;2*+1;2*-1. The van der Waals surface area contributed by atoms with E-state index in [0.717, 1.165) is 12.8 Å². The summed E-state index contributed by atoms with van der Waals surface area (Å²) in [6, 6.07) is 0. The van der Waals surface area contributed by atoms with Gasteiger partial charge in [0.05, 0.1) is 6.61 Å². The zero-order valence-corrected chi connectivity index (χ0v) is 28.4. The van der Waals surface area contributed by atoms with E-state index in [1.54, 1.807) is 0 Å². The molecule has 0 amide bonds. The van der Waals surface area contributed by atoms with Crippen molar-refractivity contribution in [2.45, 2.75) is 181 Å². The fourth-order valence-electron chi connectivity index (χ4n) is 4.49. The molecule has 2 nitrogen and oxygen atoms in total. The maximum atomic E-state index is 11.8. The summed E-state index contributed by atoms with van der Waals surface area (Å²) in [7, 11) is 0. The van der Waals surface area contributed by atoms with Crippen molar-refractivity contribution in [3.63, 3.8) is 0 Å². The van der Waals surface area contributed by atoms with Gasteiger partial charge in [-0.05, 0) is 12.8 Å². The van der Waals surface area contributed by atoms with E-state index in [4.69, 9.17) is 4.74 Å². The molecule has 34 heavy (non-hydrogen) atoms. The maximum absolute atomic E-state index is 11.8. The van der Waals surface area contributed by atoms with Gasteiger partial charge in [0.15, 0.2) is 0 Å². The fourth-order valence-corrected chi connectivity index (χ4v) is 4.49. The molecule has 4 heteroatoms. The summed E-state index contributed by atoms with van der Waals surface area (Å²) in [5, 5.41) is 0. The van der Waals surface area contributed by atoms with Gasteiger partial charge < -0.3 is 7.59 Å². The summed E-state index contributed by atoms with van der Waals surface area (Å²) < 4.78 is 5.39. The summed E-state index contributed by atoms with van der Waals surface area (Å²) in [4.78, 5) is 11.8. The molecule has 0 radical (unpaired) electrons. The monoisotopic (exact) mass is 500 g/mol. The quantitative estimate of drug-likeness (QED) is 0.0907. The SMILES string of the molecule is CCCCCCCCCCCCCCCCCC(=O)OCCCCCCCCCCCC.[H-].[H-].[Na+].[Na+]. The molecule has 0 N–H and O–H groups in total. The van der Waals surface area contributed by atoms with Gasteiger partial charge in [-0.2, -0.15) is 0 Å². The van der Waals surface area contributed by atoms with Crippen molar-refractivity contribution >= 4 is 5.97 Å². The van der Waals surface area contributed by atoms with Crippen LogP contribution in [0.15, 0.2) is 0 Å². The van der Waals surface area contributed by atoms with Crippen LogP contribution in [0.3, 0.4) is 0 Å². The van der Waals surface area contributed by atoms with Crippen LogP contribution in [0.5, 0.6) is 0 Å². The van der Waals surface area contributed by atoms with E-state index in [-0.39, 0.29) is 67.9 Å². The molecule has 0 rings (SSSR count). The van der Waals surface area contributed by atoms with E-state index in [9.17, 15) is 4.79 Å². The van der Waals surface area contributed by atoms with Gasteiger partial charge in [0, 0.05) is 6.42 Å². The van der Waals surface area contributed by atoms with Crippen molar-refractivity contribution in [1.29, 1.82) is 0 Å². The zero-order valence-electron chi connectivity index (χ0n) is 26.4. The Hall–Kier alpha value is 1.47. The molecule has 0 spiro atoms. The summed E-state index contributed by atoms with van der Waals surface area (Å²) in [6.45, 7) is 5.19. The normalized spacial score (nSPS) is 10.5. The van der Waals surface area contributed by atoms with Crippen LogP contribution in [0, 0.1) is 0 Å². The van der Waals surface area contributed by atoms with Gasteiger partial charge in [0.1, 0.15) is 0 Å². The average molecular weight is 501 g/mol. The largest absolute Gasteiger partial charge is 1.00 e. The van der Waals surface area contributed by atoms with Crippen molar-refractivity contribution in [2.24, 2.45) is 0 Å². The van der Waals surface area contributed by atoms with E-state index >= 15 is 0 Å². The Morgan fingerprint density at radius 1 is 0.441 bits per heavy atom. The van der Waals surface area contributed by atoms with Crippen LogP contribution >= 0.6 is 0 Å². The molecule has 0 heterocycles. The van der Waals surface area contributed by atoms with E-state index in [0.29, 0.717) is 13.0 Å². The Morgan fingerprint density at radius 3 is 1.03 bits per heavy atom. The number of carbonyl (C=O) groups is 1. The molecule has 0 saturated carbocycles. The maximum Gasteiger partial charge on any atom is 1.00 e. The summed E-state index contributed by atoms with van der Waals surface area (Å²) in [6.07, 6.45) is 34.2. The molecule has 0 saturated heterocycles. The van der Waals surface area contributed by atoms with Gasteiger partial charge in [-0.3, -0.25) is 4.79 Å². The predicted molar refractivity (Wildman–Crippen MR) is 145 cm³/mol. The third kappa shape index (κ3) is 35.6. The minimum absolute atomic E-state index is 0. The Balaban J connectivity index is -0.000000801. The number of rotatable bonds is 27. The second-order valence-electron chi connectivity index (χ2n) is 10.1. The predicted octanol–water partition coefficient (Wildman–Crippen LogP) is 4.95. The van der Waals surface area contributed by atoms with Crippen LogP contribution in [0.4, 0.5) is 0 Å². The van der Waals surface area contributed by atoms with Gasteiger partial charge in [0.25, 0.3) is 0 Å². The molecule has 0 aliphatic carbocycles. The first kappa shape index (κ1) is 40.0. The van der Waals surface area contributed by atoms with Crippen LogP contribution in [-0.4, -0.2) is 12.6 Å². The van der Waals surface area contributed by atoms with Crippen molar-refractivity contribution < 1.29 is 71.5 Å². The number of hydrogen-bond acceptors (Lipinski definition) is 2. The molecule has 0 aromatic carbocycles. The van der Waals surface area contributed by atoms with Crippen LogP contribution in [0.2, 0.25) is 0 Å². The minimum Gasteiger partial charge on any atom is -1.00 e. The number of unbranched alkanes of at least 4 members (excludes halogenated alkanes) is 23. The Labute approximate surface area is 262 Å². The van der Waals surface area contributed by atoms with Crippen LogP contribution in [0.1, 0.15) is 184 Å². The second-order valence-corrected chi connectivity index (χ2v) is 10.1. The van der Waals surface area contributed by atoms with Crippen LogP contribution in [0.25, 0.3) is 0 Å². The summed E-state index contributed by atoms with van der Waals surface area (Å²) >= 11 is 0. The van der Waals surface area contributed by atoms with Gasteiger partial charge in [-0.15, -0.1) is 0 Å². The first-order valence-electron chi connectivity index (χ1n) is 15.0. The van der Waals surface area contributed by atoms with Gasteiger partial charge in [-0.25, -0.2) is 0 Å². The van der Waals surface area contributed by atoms with Crippen molar-refractivity contribution in [2.75, 3.05) is 6.61 Å². The molecule has 0 aliphatic rings. The third-order valence-electron chi connectivity index (χ3n) is 6.75. The molecule has 0 unspecified atom stereocenters. The van der Waals surface area contributed by atoms with Gasteiger partial charge in [-0.1, -0.05) is 162 Å². The van der Waals surface area contributed by atoms with E-state index < -0.39 is 0 Å². The third-order valence-corrected chi connectivity index (χ3v) is 6.75. The van der Waals surface area contributed by atoms with Crippen molar-refractivity contribution in [1.82, 2.24) is 0 Å². The second kappa shape index (κ2) is 36.6. The molecule has 0 fully saturated rings. The Bertz CT molecular complexity index is 375. The Morgan fingerprint density at radius 2 is 0.706 bits per heavy atom. The average Bonchev–Trinajstić information content (AvgIpc) is 2.80. The smallest absolute Gasteiger partial charge is 1.00 e. The number of hydrogen-bond donors (Lipinski definition) is 0. The first-order chi connectivity index (χ1) is 15.8. The van der Waals surface area contributed by atoms with Gasteiger partial charge >= 0.3 is 65.1 Å². The van der Waals surface area contributed by atoms with Gasteiger partial charge in [0.2, 0.25) is 0 Å². The first-order valence-corrected chi connectivity index (χ1v) is 15.0. The molecular weight excluding hydrogens is 438 g/mol. The van der Waals surface area contributed by atoms with Crippen molar-refractivity contribution in [3.05, 3.63) is 0 Å². The van der Waals surface area contributed by atoms with E-state index in [1.807, 2.05) is 0 Å². The number of carbonyl (C=O) groups excluding carboxylic acids is 1. The molecule has 0 aromatic rings. The minimum atomic E-state index is 0. The molecule has 0 aromatic heterocycles. The van der Waals surface area contributed by atoms with Crippen molar-refractivity contribution in [3.8, 4) is 0 Å². The molecule has 0 atom stereocenters. The molecular formula is C30H62Na2O2. The van der Waals surface area contributed by atoms with E-state index in [1.165, 1.54) is 148 Å². The molecule has 0 aliphatic heterocycles. The summed E-state index contributed by atoms with van der Waals surface area (Å²) in [5.74, 6) is 0.0237. The zero-order chi connectivity index (χ0) is 23.4. The Kier molecular flexibility index (Phi) is 43.1. The molecule has 0 bridgehead atoms. The van der Waals surface area contributed by atoms with E-state index in [2.05, 4.69) is 13.8 Å². The van der Waals surface area contributed by atoms with Crippen LogP contribution < -0.4 is 59.1 Å². The van der Waals surface area contributed by atoms with Crippen LogP contribution in [-0.2, 0) is 9.53 Å². The summed E-state index contributed by atoms with van der Waals surface area (Å²) in [5.41, 5.74) is 0. The fraction of sp³-hybridized carbons (Fsp3) is 0.967. The molecule has 196 valence electrons. The number of ether oxygens (including phenoxy) is 1. The topological polar surface area (TPSA) is 26.3 Å².